The van der Waals surface area contributed by atoms with Crippen LogP contribution in [-0.2, 0) is 6.42 Å². The van der Waals surface area contributed by atoms with Gasteiger partial charge in [-0.05, 0) is 32.3 Å². The van der Waals surface area contributed by atoms with Crippen molar-refractivity contribution in [1.82, 2.24) is 0 Å². The average Bonchev–Trinajstić information content (AvgIpc) is 2.23. The molecule has 1 unspecified atom stereocenters. The van der Waals surface area contributed by atoms with Gasteiger partial charge in [0, 0.05) is 6.04 Å². The highest BCUT2D eigenvalue weighted by Crippen LogP contribution is 2.13. The number of unbranched alkanes of at least 4 members (excludes halogenated alkanes) is 3. The summed E-state index contributed by atoms with van der Waals surface area (Å²) in [7, 11) is 0. The van der Waals surface area contributed by atoms with E-state index < -0.39 is 0 Å². The van der Waals surface area contributed by atoms with E-state index >= 15 is 0 Å². The van der Waals surface area contributed by atoms with Gasteiger partial charge in [0.15, 0.2) is 0 Å². The van der Waals surface area contributed by atoms with E-state index in [0.717, 1.165) is 12.8 Å². The van der Waals surface area contributed by atoms with Crippen LogP contribution in [0.2, 0.25) is 0 Å². The third-order valence-electron chi connectivity index (χ3n) is 3.21. The molecule has 0 aliphatic heterocycles. The quantitative estimate of drug-likeness (QED) is 0.704. The Morgan fingerprint density at radius 2 is 1.65 bits per heavy atom. The molecule has 1 heteroatoms. The van der Waals surface area contributed by atoms with E-state index in [1.165, 1.54) is 42.4 Å². The molecule has 0 aromatic heterocycles. The first-order chi connectivity index (χ1) is 8.11. The molecule has 0 aliphatic carbocycles. The SMILES string of the molecule is CCCCCCC(N)Cc1cc(C)cc(C)c1. The van der Waals surface area contributed by atoms with E-state index in [1.54, 1.807) is 0 Å². The summed E-state index contributed by atoms with van der Waals surface area (Å²) in [5, 5.41) is 0. The van der Waals surface area contributed by atoms with Gasteiger partial charge in [-0.1, -0.05) is 61.9 Å². The smallest absolute Gasteiger partial charge is 0.00793 e. The predicted molar refractivity (Wildman–Crippen MR) is 76.4 cm³/mol. The number of hydrogen-bond acceptors (Lipinski definition) is 1. The van der Waals surface area contributed by atoms with Crippen LogP contribution in [0.15, 0.2) is 18.2 Å². The van der Waals surface area contributed by atoms with Gasteiger partial charge in [-0.2, -0.15) is 0 Å². The summed E-state index contributed by atoms with van der Waals surface area (Å²) in [5.74, 6) is 0. The highest BCUT2D eigenvalue weighted by Gasteiger charge is 2.04. The van der Waals surface area contributed by atoms with Gasteiger partial charge in [0.2, 0.25) is 0 Å². The third kappa shape index (κ3) is 5.88. The zero-order valence-corrected chi connectivity index (χ0v) is 11.6. The van der Waals surface area contributed by atoms with E-state index in [2.05, 4.69) is 39.0 Å². The Morgan fingerprint density at radius 3 is 2.24 bits per heavy atom. The molecule has 0 heterocycles. The first-order valence-electron chi connectivity index (χ1n) is 6.94. The zero-order valence-electron chi connectivity index (χ0n) is 11.6. The summed E-state index contributed by atoms with van der Waals surface area (Å²) in [6.45, 7) is 6.56. The van der Waals surface area contributed by atoms with Crippen LogP contribution in [-0.4, -0.2) is 6.04 Å². The van der Waals surface area contributed by atoms with Gasteiger partial charge in [0.1, 0.15) is 0 Å². The Hall–Kier alpha value is -0.820. The van der Waals surface area contributed by atoms with Crippen LogP contribution < -0.4 is 5.73 Å². The van der Waals surface area contributed by atoms with Crippen LogP contribution in [0.5, 0.6) is 0 Å². The fourth-order valence-electron chi connectivity index (χ4n) is 2.42. The molecule has 0 saturated carbocycles. The van der Waals surface area contributed by atoms with E-state index in [4.69, 9.17) is 5.73 Å². The second-order valence-corrected chi connectivity index (χ2v) is 5.31. The van der Waals surface area contributed by atoms with Crippen LogP contribution in [0.25, 0.3) is 0 Å². The molecule has 1 aromatic rings. The van der Waals surface area contributed by atoms with Crippen molar-refractivity contribution in [3.8, 4) is 0 Å². The van der Waals surface area contributed by atoms with Gasteiger partial charge in [-0.3, -0.25) is 0 Å². The highest BCUT2D eigenvalue weighted by atomic mass is 14.6. The van der Waals surface area contributed by atoms with Crippen LogP contribution in [0.1, 0.15) is 55.7 Å². The normalized spacial score (nSPS) is 12.7. The number of hydrogen-bond donors (Lipinski definition) is 1. The molecule has 0 amide bonds. The topological polar surface area (TPSA) is 26.0 Å². The van der Waals surface area contributed by atoms with Crippen molar-refractivity contribution < 1.29 is 0 Å². The lowest BCUT2D eigenvalue weighted by molar-refractivity contribution is 0.546. The minimum Gasteiger partial charge on any atom is -0.327 e. The molecule has 17 heavy (non-hydrogen) atoms. The van der Waals surface area contributed by atoms with Gasteiger partial charge in [0.05, 0.1) is 0 Å². The summed E-state index contributed by atoms with van der Waals surface area (Å²) in [6.07, 6.45) is 7.43. The molecule has 0 spiro atoms. The molecule has 0 fully saturated rings. The van der Waals surface area contributed by atoms with E-state index in [1.807, 2.05) is 0 Å². The minimum atomic E-state index is 0.327. The summed E-state index contributed by atoms with van der Waals surface area (Å²) in [6, 6.07) is 7.07. The molecule has 2 N–H and O–H groups in total. The summed E-state index contributed by atoms with van der Waals surface area (Å²) < 4.78 is 0. The molecule has 1 atom stereocenters. The van der Waals surface area contributed by atoms with E-state index in [9.17, 15) is 0 Å². The van der Waals surface area contributed by atoms with Crippen molar-refractivity contribution in [3.05, 3.63) is 34.9 Å². The molecular weight excluding hydrogens is 206 g/mol. The van der Waals surface area contributed by atoms with E-state index in [-0.39, 0.29) is 0 Å². The standard InChI is InChI=1S/C16H27N/c1-4-5-6-7-8-16(17)12-15-10-13(2)9-14(3)11-15/h9-11,16H,4-8,12,17H2,1-3H3. The van der Waals surface area contributed by atoms with Crippen molar-refractivity contribution in [3.63, 3.8) is 0 Å². The number of benzene rings is 1. The Morgan fingerprint density at radius 1 is 1.00 bits per heavy atom. The van der Waals surface area contributed by atoms with Gasteiger partial charge < -0.3 is 5.73 Å². The first kappa shape index (κ1) is 14.2. The molecule has 96 valence electrons. The van der Waals surface area contributed by atoms with Crippen LogP contribution in [0.4, 0.5) is 0 Å². The first-order valence-corrected chi connectivity index (χ1v) is 6.94. The maximum Gasteiger partial charge on any atom is 0.00793 e. The number of nitrogens with two attached hydrogens (primary N) is 1. The molecule has 1 rings (SSSR count). The van der Waals surface area contributed by atoms with Gasteiger partial charge in [0.25, 0.3) is 0 Å². The molecule has 0 radical (unpaired) electrons. The van der Waals surface area contributed by atoms with Crippen LogP contribution >= 0.6 is 0 Å². The van der Waals surface area contributed by atoms with Crippen LogP contribution in [0, 0.1) is 13.8 Å². The van der Waals surface area contributed by atoms with Crippen molar-refractivity contribution in [2.75, 3.05) is 0 Å². The summed E-state index contributed by atoms with van der Waals surface area (Å²) in [5.41, 5.74) is 10.3. The second-order valence-electron chi connectivity index (χ2n) is 5.31. The van der Waals surface area contributed by atoms with Crippen LogP contribution in [0.3, 0.4) is 0 Å². The Kier molecular flexibility index (Phi) is 6.28. The Labute approximate surface area is 106 Å². The zero-order chi connectivity index (χ0) is 12.7. The largest absolute Gasteiger partial charge is 0.327 e. The minimum absolute atomic E-state index is 0.327. The van der Waals surface area contributed by atoms with Gasteiger partial charge >= 0.3 is 0 Å². The summed E-state index contributed by atoms with van der Waals surface area (Å²) in [4.78, 5) is 0. The Balaban J connectivity index is 2.36. The Bertz CT molecular complexity index is 310. The molecule has 0 saturated heterocycles. The third-order valence-corrected chi connectivity index (χ3v) is 3.21. The lowest BCUT2D eigenvalue weighted by Gasteiger charge is -2.12. The number of aryl methyl sites for hydroxylation is 2. The summed E-state index contributed by atoms with van der Waals surface area (Å²) >= 11 is 0. The maximum absolute atomic E-state index is 6.19. The highest BCUT2D eigenvalue weighted by molar-refractivity contribution is 5.29. The second kappa shape index (κ2) is 7.50. The van der Waals surface area contributed by atoms with Crippen molar-refractivity contribution in [2.45, 2.75) is 65.3 Å². The molecule has 1 aromatic carbocycles. The molecular formula is C16H27N. The number of rotatable bonds is 7. The lowest BCUT2D eigenvalue weighted by Crippen LogP contribution is -2.22. The lowest BCUT2D eigenvalue weighted by atomic mass is 9.98. The average molecular weight is 233 g/mol. The van der Waals surface area contributed by atoms with Crippen molar-refractivity contribution in [1.29, 1.82) is 0 Å². The molecule has 1 nitrogen and oxygen atoms in total. The van der Waals surface area contributed by atoms with Gasteiger partial charge in [-0.15, -0.1) is 0 Å². The molecule has 0 aliphatic rings. The molecule has 0 bridgehead atoms. The van der Waals surface area contributed by atoms with E-state index in [0.29, 0.717) is 6.04 Å². The van der Waals surface area contributed by atoms with Crippen molar-refractivity contribution in [2.24, 2.45) is 5.73 Å². The fraction of sp³-hybridized carbons (Fsp3) is 0.625. The monoisotopic (exact) mass is 233 g/mol. The maximum atomic E-state index is 6.19. The fourth-order valence-corrected chi connectivity index (χ4v) is 2.42. The van der Waals surface area contributed by atoms with Crippen molar-refractivity contribution >= 4 is 0 Å². The van der Waals surface area contributed by atoms with Gasteiger partial charge in [-0.25, -0.2) is 0 Å². The predicted octanol–water partition coefficient (Wildman–Crippen LogP) is 4.14.